The van der Waals surface area contributed by atoms with Gasteiger partial charge in [-0.25, -0.2) is 4.79 Å². The molecule has 0 bridgehead atoms. The largest absolute Gasteiger partial charge is 0.458 e. The van der Waals surface area contributed by atoms with Crippen molar-refractivity contribution >= 4 is 5.97 Å². The second-order valence-corrected chi connectivity index (χ2v) is 7.96. The van der Waals surface area contributed by atoms with Gasteiger partial charge in [-0.3, -0.25) is 4.90 Å². The molecule has 0 aliphatic heterocycles. The molecule has 4 nitrogen and oxygen atoms in total. The molecule has 0 aromatic heterocycles. The van der Waals surface area contributed by atoms with Gasteiger partial charge in [0.15, 0.2) is 6.10 Å². The summed E-state index contributed by atoms with van der Waals surface area (Å²) < 4.78 is 5.39. The van der Waals surface area contributed by atoms with Crippen molar-refractivity contribution in [3.8, 4) is 0 Å². The number of aliphatic hydroxyl groups excluding tert-OH is 1. The summed E-state index contributed by atoms with van der Waals surface area (Å²) in [4.78, 5) is 14.6. The number of hydrogen-bond donors (Lipinski definition) is 1. The first kappa shape index (κ1) is 21.1. The Morgan fingerprint density at radius 2 is 1.52 bits per heavy atom. The van der Waals surface area contributed by atoms with Crippen molar-refractivity contribution in [2.75, 3.05) is 0 Å². The lowest BCUT2D eigenvalue weighted by molar-refractivity contribution is -0.169. The zero-order chi connectivity index (χ0) is 20.0. The minimum absolute atomic E-state index is 0.0264. The molecule has 1 N–H and O–H groups in total. The van der Waals surface area contributed by atoms with Crippen LogP contribution in [0, 0.1) is 0 Å². The molecule has 2 rings (SSSR count). The third-order valence-corrected chi connectivity index (χ3v) is 4.62. The van der Waals surface area contributed by atoms with E-state index in [1.165, 1.54) is 0 Å². The fourth-order valence-electron chi connectivity index (χ4n) is 3.09. The first-order valence-electron chi connectivity index (χ1n) is 9.44. The van der Waals surface area contributed by atoms with Crippen LogP contribution in [-0.2, 0) is 16.1 Å². The SMILES string of the molecule is C[C@@H](c1ccccc1)N(Cc1ccccc1)[C@@H](C)[C@H](O)C(=O)OC(C)(C)C. The zero-order valence-corrected chi connectivity index (χ0v) is 16.9. The molecule has 27 heavy (non-hydrogen) atoms. The number of rotatable bonds is 7. The van der Waals surface area contributed by atoms with E-state index in [9.17, 15) is 9.90 Å². The van der Waals surface area contributed by atoms with Crippen LogP contribution in [0.2, 0.25) is 0 Å². The summed E-state index contributed by atoms with van der Waals surface area (Å²) in [5, 5.41) is 10.7. The lowest BCUT2D eigenvalue weighted by Crippen LogP contribution is -2.47. The quantitative estimate of drug-likeness (QED) is 0.738. The van der Waals surface area contributed by atoms with Crippen LogP contribution in [-0.4, -0.2) is 33.7 Å². The Hall–Kier alpha value is -2.17. The molecule has 0 saturated carbocycles. The van der Waals surface area contributed by atoms with Crippen LogP contribution in [0.4, 0.5) is 0 Å². The average molecular weight is 370 g/mol. The van der Waals surface area contributed by atoms with Gasteiger partial charge < -0.3 is 9.84 Å². The Kier molecular flexibility index (Phi) is 7.17. The van der Waals surface area contributed by atoms with Gasteiger partial charge in [0.05, 0.1) is 0 Å². The Morgan fingerprint density at radius 1 is 1.00 bits per heavy atom. The number of carbonyl (C=O) groups is 1. The van der Waals surface area contributed by atoms with Crippen molar-refractivity contribution in [2.24, 2.45) is 0 Å². The Morgan fingerprint density at radius 3 is 2.04 bits per heavy atom. The molecule has 4 heteroatoms. The molecule has 0 radical (unpaired) electrons. The smallest absolute Gasteiger partial charge is 0.337 e. The standard InChI is InChI=1S/C23H31NO3/c1-17(20-14-10-7-11-15-20)24(16-19-12-8-6-9-13-19)18(2)21(25)22(26)27-23(3,4)5/h6-15,17-18,21,25H,16H2,1-5H3/t17-,18-,21-/m0/s1. The van der Waals surface area contributed by atoms with Crippen molar-refractivity contribution in [3.05, 3.63) is 71.8 Å². The summed E-state index contributed by atoms with van der Waals surface area (Å²) in [7, 11) is 0. The maximum Gasteiger partial charge on any atom is 0.337 e. The van der Waals surface area contributed by atoms with Gasteiger partial charge in [-0.1, -0.05) is 60.7 Å². The van der Waals surface area contributed by atoms with Gasteiger partial charge in [0.1, 0.15) is 5.60 Å². The molecule has 2 aromatic carbocycles. The number of benzene rings is 2. The number of aliphatic hydroxyl groups is 1. The third-order valence-electron chi connectivity index (χ3n) is 4.62. The Labute approximate surface area is 162 Å². The van der Waals surface area contributed by atoms with E-state index >= 15 is 0 Å². The number of esters is 1. The zero-order valence-electron chi connectivity index (χ0n) is 16.9. The summed E-state index contributed by atoms with van der Waals surface area (Å²) >= 11 is 0. The van der Waals surface area contributed by atoms with Crippen LogP contribution in [0.3, 0.4) is 0 Å². The van der Waals surface area contributed by atoms with Crippen molar-refractivity contribution < 1.29 is 14.6 Å². The predicted molar refractivity (Wildman–Crippen MR) is 108 cm³/mol. The predicted octanol–water partition coefficient (Wildman–Crippen LogP) is 4.34. The lowest BCUT2D eigenvalue weighted by Gasteiger charge is -2.37. The van der Waals surface area contributed by atoms with Crippen molar-refractivity contribution in [3.63, 3.8) is 0 Å². The monoisotopic (exact) mass is 369 g/mol. The lowest BCUT2D eigenvalue weighted by atomic mass is 10.0. The number of nitrogens with zero attached hydrogens (tertiary/aromatic N) is 1. The summed E-state index contributed by atoms with van der Waals surface area (Å²) in [5.74, 6) is -0.590. The van der Waals surface area contributed by atoms with Crippen LogP contribution in [0.5, 0.6) is 0 Å². The Balaban J connectivity index is 2.26. The van der Waals surface area contributed by atoms with Gasteiger partial charge in [-0.2, -0.15) is 0 Å². The third kappa shape index (κ3) is 6.19. The van der Waals surface area contributed by atoms with Crippen LogP contribution in [0.25, 0.3) is 0 Å². The molecule has 0 spiro atoms. The highest BCUT2D eigenvalue weighted by atomic mass is 16.6. The van der Waals surface area contributed by atoms with Gasteiger partial charge in [-0.05, 0) is 45.7 Å². The van der Waals surface area contributed by atoms with E-state index < -0.39 is 23.7 Å². The van der Waals surface area contributed by atoms with E-state index in [-0.39, 0.29) is 6.04 Å². The van der Waals surface area contributed by atoms with Gasteiger partial charge in [-0.15, -0.1) is 0 Å². The van der Waals surface area contributed by atoms with Crippen molar-refractivity contribution in [1.82, 2.24) is 4.90 Å². The summed E-state index contributed by atoms with van der Waals surface area (Å²) in [6, 6.07) is 19.8. The topological polar surface area (TPSA) is 49.8 Å². The highest BCUT2D eigenvalue weighted by molar-refractivity contribution is 5.75. The maximum absolute atomic E-state index is 12.4. The molecular weight excluding hydrogens is 338 g/mol. The molecule has 2 aromatic rings. The van der Waals surface area contributed by atoms with Gasteiger partial charge in [0.2, 0.25) is 0 Å². The fourth-order valence-corrected chi connectivity index (χ4v) is 3.09. The number of carbonyl (C=O) groups excluding carboxylic acids is 1. The minimum Gasteiger partial charge on any atom is -0.458 e. The highest BCUT2D eigenvalue weighted by Crippen LogP contribution is 2.26. The van der Waals surface area contributed by atoms with Crippen molar-refractivity contribution in [2.45, 2.75) is 65.0 Å². The molecule has 0 unspecified atom stereocenters. The maximum atomic E-state index is 12.4. The first-order chi connectivity index (χ1) is 12.7. The molecule has 146 valence electrons. The summed E-state index contributed by atoms with van der Waals surface area (Å²) in [5.41, 5.74) is 1.63. The molecule has 0 aliphatic rings. The molecule has 0 amide bonds. The van der Waals surface area contributed by atoms with Crippen LogP contribution >= 0.6 is 0 Å². The van der Waals surface area contributed by atoms with E-state index in [0.29, 0.717) is 6.54 Å². The van der Waals surface area contributed by atoms with E-state index in [4.69, 9.17) is 4.74 Å². The van der Waals surface area contributed by atoms with Crippen LogP contribution in [0.1, 0.15) is 51.8 Å². The van der Waals surface area contributed by atoms with Crippen LogP contribution in [0.15, 0.2) is 60.7 Å². The molecular formula is C23H31NO3. The van der Waals surface area contributed by atoms with Crippen LogP contribution < -0.4 is 0 Å². The second kappa shape index (κ2) is 9.16. The second-order valence-electron chi connectivity index (χ2n) is 7.96. The highest BCUT2D eigenvalue weighted by Gasteiger charge is 2.33. The molecule has 0 fully saturated rings. The van der Waals surface area contributed by atoms with E-state index in [0.717, 1.165) is 11.1 Å². The molecule has 0 aliphatic carbocycles. The average Bonchev–Trinajstić information content (AvgIpc) is 2.64. The normalized spacial score (nSPS) is 15.2. The summed E-state index contributed by atoms with van der Waals surface area (Å²) in [6.45, 7) is 10.00. The fraction of sp³-hybridized carbons (Fsp3) is 0.435. The van der Waals surface area contributed by atoms with Gasteiger partial charge in [0.25, 0.3) is 0 Å². The molecule has 0 saturated heterocycles. The van der Waals surface area contributed by atoms with E-state index in [2.05, 4.69) is 36.1 Å². The van der Waals surface area contributed by atoms with Gasteiger partial charge >= 0.3 is 5.97 Å². The Bertz CT molecular complexity index is 709. The molecule has 3 atom stereocenters. The van der Waals surface area contributed by atoms with Gasteiger partial charge in [0, 0.05) is 18.6 Å². The van der Waals surface area contributed by atoms with Crippen molar-refractivity contribution in [1.29, 1.82) is 0 Å². The molecule has 0 heterocycles. The number of ether oxygens (including phenoxy) is 1. The van der Waals surface area contributed by atoms with E-state index in [1.807, 2.05) is 43.3 Å². The summed E-state index contributed by atoms with van der Waals surface area (Å²) in [6.07, 6.45) is -1.22. The first-order valence-corrected chi connectivity index (χ1v) is 9.44. The van der Waals surface area contributed by atoms with E-state index in [1.54, 1.807) is 20.8 Å². The minimum atomic E-state index is -1.22. The number of hydrogen-bond acceptors (Lipinski definition) is 4.